The first-order chi connectivity index (χ1) is 9.19. The van der Waals surface area contributed by atoms with Crippen molar-refractivity contribution in [2.45, 2.75) is 36.1 Å². The molecule has 1 aromatic heterocycles. The topological polar surface area (TPSA) is 58.5 Å². The van der Waals surface area contributed by atoms with Gasteiger partial charge >= 0.3 is 0 Å². The zero-order valence-electron chi connectivity index (χ0n) is 10.6. The number of nitrogens with zero attached hydrogens (tertiary/aromatic N) is 3. The van der Waals surface area contributed by atoms with Crippen LogP contribution in [0, 0.1) is 5.82 Å². The van der Waals surface area contributed by atoms with Crippen LogP contribution in [0.25, 0.3) is 0 Å². The highest BCUT2D eigenvalue weighted by molar-refractivity contribution is 7.98. The maximum absolute atomic E-state index is 13.5. The maximum atomic E-state index is 13.5. The lowest BCUT2D eigenvalue weighted by Crippen LogP contribution is -2.59. The van der Waals surface area contributed by atoms with Gasteiger partial charge in [0.2, 0.25) is 5.95 Å². The van der Waals surface area contributed by atoms with Crippen molar-refractivity contribution in [3.05, 3.63) is 12.0 Å². The van der Waals surface area contributed by atoms with Gasteiger partial charge in [-0.2, -0.15) is 0 Å². The minimum atomic E-state index is -0.394. The average molecular weight is 285 g/mol. The molecule has 0 aliphatic carbocycles. The van der Waals surface area contributed by atoms with E-state index in [9.17, 15) is 9.50 Å². The molecule has 19 heavy (non-hydrogen) atoms. The van der Waals surface area contributed by atoms with Crippen LogP contribution in [-0.2, 0) is 4.74 Å². The minimum absolute atomic E-state index is 0.0719. The van der Waals surface area contributed by atoms with Crippen molar-refractivity contribution in [3.63, 3.8) is 0 Å². The number of morpholine rings is 1. The van der Waals surface area contributed by atoms with E-state index in [0.717, 1.165) is 0 Å². The van der Waals surface area contributed by atoms with E-state index in [1.165, 1.54) is 18.0 Å². The Morgan fingerprint density at radius 1 is 1.42 bits per heavy atom. The van der Waals surface area contributed by atoms with E-state index in [1.54, 1.807) is 6.26 Å². The van der Waals surface area contributed by atoms with Crippen LogP contribution in [0.1, 0.15) is 12.8 Å². The molecule has 3 heterocycles. The van der Waals surface area contributed by atoms with Crippen molar-refractivity contribution in [2.24, 2.45) is 0 Å². The summed E-state index contributed by atoms with van der Waals surface area (Å²) in [5, 5.41) is 10.2. The molecule has 0 spiro atoms. The quantitative estimate of drug-likeness (QED) is 0.648. The molecule has 2 unspecified atom stereocenters. The molecule has 3 rings (SSSR count). The van der Waals surface area contributed by atoms with Crippen LogP contribution in [0.5, 0.6) is 0 Å². The number of halogens is 1. The SMILES string of the molecule is CSc1nc(N2C3COCC2CC(O)C3)ncc1F. The van der Waals surface area contributed by atoms with Crippen molar-refractivity contribution < 1.29 is 14.2 Å². The predicted octanol–water partition coefficient (Wildman–Crippen LogP) is 1.07. The van der Waals surface area contributed by atoms with Gasteiger partial charge in [0, 0.05) is 0 Å². The summed E-state index contributed by atoms with van der Waals surface area (Å²) >= 11 is 1.27. The molecule has 2 saturated heterocycles. The van der Waals surface area contributed by atoms with Crippen LogP contribution < -0.4 is 4.90 Å². The van der Waals surface area contributed by atoms with E-state index in [0.29, 0.717) is 37.0 Å². The van der Waals surface area contributed by atoms with E-state index in [2.05, 4.69) is 14.9 Å². The maximum Gasteiger partial charge on any atom is 0.227 e. The second kappa shape index (κ2) is 5.22. The van der Waals surface area contributed by atoms with Gasteiger partial charge in [-0.15, -0.1) is 11.8 Å². The van der Waals surface area contributed by atoms with Gasteiger partial charge in [-0.05, 0) is 19.1 Å². The van der Waals surface area contributed by atoms with Gasteiger partial charge < -0.3 is 14.7 Å². The summed E-state index contributed by atoms with van der Waals surface area (Å²) in [4.78, 5) is 10.5. The minimum Gasteiger partial charge on any atom is -0.393 e. The molecule has 1 aromatic rings. The van der Waals surface area contributed by atoms with Crippen molar-refractivity contribution in [3.8, 4) is 0 Å². The number of aliphatic hydroxyl groups excluding tert-OH is 1. The smallest absolute Gasteiger partial charge is 0.227 e. The van der Waals surface area contributed by atoms with Crippen LogP contribution in [0.15, 0.2) is 11.2 Å². The highest BCUT2D eigenvalue weighted by Crippen LogP contribution is 2.31. The fourth-order valence-corrected chi connectivity index (χ4v) is 3.24. The third-order valence-corrected chi connectivity index (χ3v) is 4.29. The number of hydrogen-bond acceptors (Lipinski definition) is 6. The molecule has 2 aliphatic heterocycles. The molecule has 0 radical (unpaired) electrons. The van der Waals surface area contributed by atoms with Crippen molar-refractivity contribution >= 4 is 17.7 Å². The van der Waals surface area contributed by atoms with Gasteiger partial charge in [-0.25, -0.2) is 14.4 Å². The molecule has 2 fully saturated rings. The van der Waals surface area contributed by atoms with Gasteiger partial charge in [0.15, 0.2) is 5.82 Å². The summed E-state index contributed by atoms with van der Waals surface area (Å²) in [7, 11) is 0. The van der Waals surface area contributed by atoms with E-state index in [4.69, 9.17) is 4.74 Å². The Morgan fingerprint density at radius 3 is 2.74 bits per heavy atom. The summed E-state index contributed by atoms with van der Waals surface area (Å²) in [5.74, 6) is 0.144. The molecule has 1 N–H and O–H groups in total. The molecule has 104 valence electrons. The summed E-state index contributed by atoms with van der Waals surface area (Å²) in [6.07, 6.45) is 4.00. The van der Waals surface area contributed by atoms with Crippen molar-refractivity contribution in [1.29, 1.82) is 0 Å². The molecule has 2 bridgehead atoms. The molecule has 0 saturated carbocycles. The first kappa shape index (κ1) is 13.1. The number of thioether (sulfide) groups is 1. The number of hydrogen-bond donors (Lipinski definition) is 1. The predicted molar refractivity (Wildman–Crippen MR) is 69.9 cm³/mol. The standard InChI is InChI=1S/C12H16FN3O2S/c1-19-11-10(13)4-14-12(15-11)16-7-2-9(17)3-8(16)6-18-5-7/h4,7-9,17H,2-3,5-6H2,1H3. The Hall–Kier alpha value is -0.920. The lowest BCUT2D eigenvalue weighted by Gasteiger charge is -2.47. The molecular weight excluding hydrogens is 269 g/mol. The van der Waals surface area contributed by atoms with Crippen LogP contribution in [-0.4, -0.2) is 52.7 Å². The number of fused-ring (bicyclic) bond motifs is 2. The Bertz CT molecular complexity index is 462. The Morgan fingerprint density at radius 2 is 2.11 bits per heavy atom. The number of ether oxygens (including phenoxy) is 1. The largest absolute Gasteiger partial charge is 0.393 e. The molecular formula is C12H16FN3O2S. The summed E-state index contributed by atoms with van der Waals surface area (Å²) in [6.45, 7) is 1.12. The van der Waals surface area contributed by atoms with Crippen LogP contribution in [0.2, 0.25) is 0 Å². The van der Waals surface area contributed by atoms with Gasteiger partial charge in [-0.3, -0.25) is 0 Å². The van der Waals surface area contributed by atoms with Gasteiger partial charge in [0.25, 0.3) is 0 Å². The van der Waals surface area contributed by atoms with Gasteiger partial charge in [-0.1, -0.05) is 0 Å². The Balaban J connectivity index is 1.92. The number of aliphatic hydroxyl groups is 1. The molecule has 2 atom stereocenters. The first-order valence-corrected chi connectivity index (χ1v) is 7.52. The van der Waals surface area contributed by atoms with E-state index < -0.39 is 5.82 Å². The number of piperidine rings is 1. The van der Waals surface area contributed by atoms with Crippen LogP contribution in [0.4, 0.5) is 10.3 Å². The number of rotatable bonds is 2. The van der Waals surface area contributed by atoms with Gasteiger partial charge in [0.05, 0.1) is 37.6 Å². The Kier molecular flexibility index (Phi) is 3.60. The molecule has 7 heteroatoms. The molecule has 5 nitrogen and oxygen atoms in total. The second-order valence-electron chi connectivity index (χ2n) is 4.90. The van der Waals surface area contributed by atoms with Crippen molar-refractivity contribution in [1.82, 2.24) is 9.97 Å². The summed E-state index contributed by atoms with van der Waals surface area (Å²) < 4.78 is 19.0. The van der Waals surface area contributed by atoms with Crippen molar-refractivity contribution in [2.75, 3.05) is 24.4 Å². The third-order valence-electron chi connectivity index (χ3n) is 3.62. The monoisotopic (exact) mass is 285 g/mol. The highest BCUT2D eigenvalue weighted by atomic mass is 32.2. The lowest BCUT2D eigenvalue weighted by atomic mass is 9.92. The zero-order chi connectivity index (χ0) is 13.4. The fraction of sp³-hybridized carbons (Fsp3) is 0.667. The number of anilines is 1. The van der Waals surface area contributed by atoms with E-state index in [1.807, 2.05) is 0 Å². The molecule has 0 amide bonds. The lowest BCUT2D eigenvalue weighted by molar-refractivity contribution is 0.000246. The van der Waals surface area contributed by atoms with Gasteiger partial charge in [0.1, 0.15) is 5.03 Å². The average Bonchev–Trinajstić information content (AvgIpc) is 2.38. The number of aromatic nitrogens is 2. The van der Waals surface area contributed by atoms with Crippen LogP contribution >= 0.6 is 11.8 Å². The highest BCUT2D eigenvalue weighted by Gasteiger charge is 2.40. The normalized spacial score (nSPS) is 30.5. The fourth-order valence-electron chi connectivity index (χ4n) is 2.82. The van der Waals surface area contributed by atoms with Crippen LogP contribution in [0.3, 0.4) is 0 Å². The van der Waals surface area contributed by atoms with E-state index in [-0.39, 0.29) is 18.2 Å². The summed E-state index contributed by atoms with van der Waals surface area (Å²) in [6, 6.07) is 0.144. The third kappa shape index (κ3) is 2.42. The zero-order valence-corrected chi connectivity index (χ0v) is 11.4. The molecule has 0 aromatic carbocycles. The summed E-state index contributed by atoms with van der Waals surface area (Å²) in [5.41, 5.74) is 0. The first-order valence-electron chi connectivity index (χ1n) is 6.29. The van der Waals surface area contributed by atoms with E-state index >= 15 is 0 Å². The molecule has 2 aliphatic rings. The Labute approximate surface area is 115 Å². The second-order valence-corrected chi connectivity index (χ2v) is 5.70.